The predicted octanol–water partition coefficient (Wildman–Crippen LogP) is 6.83. The van der Waals surface area contributed by atoms with Crippen molar-refractivity contribution in [1.82, 2.24) is 25.0 Å². The third-order valence-electron chi connectivity index (χ3n) is 7.28. The van der Waals surface area contributed by atoms with Gasteiger partial charge in [0, 0.05) is 23.9 Å². The molecule has 0 aliphatic carbocycles. The standard InChI is InChI=1S/C30H27F3N6O3S/c1-18-16-43-29-38(18)26-14-24(41-3)12-13-25(26)19(2)39(29)28(40)34-15-20-4-6-21(7-5-20)27-35-17-37(36-27)22-8-10-23(11-9-22)42-30(31,32)33/h4-14,16-17,19,29H,15H2,1-3H3,(H,34,40). The number of carbonyl (C=O) groups is 1. The van der Waals surface area contributed by atoms with Crippen molar-refractivity contribution in [3.05, 3.63) is 95.3 Å². The maximum atomic E-state index is 13.5. The zero-order valence-electron chi connectivity index (χ0n) is 23.4. The van der Waals surface area contributed by atoms with Gasteiger partial charge in [-0.3, -0.25) is 4.90 Å². The smallest absolute Gasteiger partial charge is 0.497 e. The van der Waals surface area contributed by atoms with E-state index in [9.17, 15) is 18.0 Å². The number of hydrogen-bond donors (Lipinski definition) is 1. The molecule has 6 rings (SSSR count). The van der Waals surface area contributed by atoms with E-state index in [1.807, 2.05) is 61.2 Å². The van der Waals surface area contributed by atoms with Crippen LogP contribution in [0.2, 0.25) is 0 Å². The number of rotatable bonds is 6. The van der Waals surface area contributed by atoms with Crippen LogP contribution in [0.15, 0.2) is 84.2 Å². The monoisotopic (exact) mass is 608 g/mol. The van der Waals surface area contributed by atoms with Gasteiger partial charge in [0.15, 0.2) is 11.3 Å². The number of ether oxygens (including phenoxy) is 2. The number of hydrogen-bond acceptors (Lipinski definition) is 7. The number of alkyl halides is 3. The molecule has 13 heteroatoms. The molecule has 0 saturated heterocycles. The number of anilines is 1. The third kappa shape index (κ3) is 5.72. The zero-order valence-corrected chi connectivity index (χ0v) is 24.2. The first kappa shape index (κ1) is 28.5. The molecule has 0 bridgehead atoms. The Morgan fingerprint density at radius 2 is 1.77 bits per heavy atom. The number of nitrogens with zero attached hydrogens (tertiary/aromatic N) is 5. The lowest BCUT2D eigenvalue weighted by Gasteiger charge is -2.46. The van der Waals surface area contributed by atoms with Gasteiger partial charge in [0.25, 0.3) is 0 Å². The van der Waals surface area contributed by atoms with E-state index in [-0.39, 0.29) is 23.3 Å². The minimum atomic E-state index is -4.75. The maximum absolute atomic E-state index is 13.5. The van der Waals surface area contributed by atoms with Crippen molar-refractivity contribution in [1.29, 1.82) is 0 Å². The number of methoxy groups -OCH3 is 1. The Labute approximate surface area is 249 Å². The summed E-state index contributed by atoms with van der Waals surface area (Å²) in [6.45, 7) is 4.39. The topological polar surface area (TPSA) is 84.8 Å². The van der Waals surface area contributed by atoms with Gasteiger partial charge in [0.1, 0.15) is 17.8 Å². The SMILES string of the molecule is COc1ccc2c(c1)N1C(C)=CSC1N(C(=O)NCc1ccc(-c3ncn(-c4ccc(OC(F)(F)F)cc4)n3)cc1)C2C. The van der Waals surface area contributed by atoms with Crippen molar-refractivity contribution >= 4 is 23.5 Å². The fourth-order valence-corrected chi connectivity index (χ4v) is 6.38. The molecule has 0 spiro atoms. The van der Waals surface area contributed by atoms with E-state index in [1.54, 1.807) is 18.9 Å². The molecule has 2 atom stereocenters. The Kier molecular flexibility index (Phi) is 7.42. The Bertz CT molecular complexity index is 1670. The number of aromatic nitrogens is 3. The molecule has 9 nitrogen and oxygen atoms in total. The number of carbonyl (C=O) groups excluding carboxylic acids is 1. The molecule has 2 amide bonds. The number of halogens is 3. The van der Waals surface area contributed by atoms with Gasteiger partial charge in [-0.1, -0.05) is 42.1 Å². The van der Waals surface area contributed by atoms with Crippen LogP contribution in [0.4, 0.5) is 23.7 Å². The Morgan fingerprint density at radius 3 is 2.47 bits per heavy atom. The molecule has 0 radical (unpaired) electrons. The highest BCUT2D eigenvalue weighted by atomic mass is 32.2. The zero-order chi connectivity index (χ0) is 30.3. The predicted molar refractivity (Wildman–Crippen MR) is 157 cm³/mol. The van der Waals surface area contributed by atoms with E-state index in [4.69, 9.17) is 4.74 Å². The quantitative estimate of drug-likeness (QED) is 0.257. The second kappa shape index (κ2) is 11.2. The summed E-state index contributed by atoms with van der Waals surface area (Å²) in [5, 5.41) is 9.57. The number of amides is 2. The van der Waals surface area contributed by atoms with Crippen LogP contribution in [0.3, 0.4) is 0 Å². The average molecular weight is 609 g/mol. The Morgan fingerprint density at radius 1 is 1.05 bits per heavy atom. The summed E-state index contributed by atoms with van der Waals surface area (Å²) in [6, 6.07) is 18.5. The van der Waals surface area contributed by atoms with Crippen molar-refractivity contribution in [2.75, 3.05) is 12.0 Å². The molecule has 1 aromatic heterocycles. The lowest BCUT2D eigenvalue weighted by atomic mass is 10.0. The Balaban J connectivity index is 1.11. The minimum absolute atomic E-state index is 0.147. The fraction of sp³-hybridized carbons (Fsp3) is 0.233. The van der Waals surface area contributed by atoms with E-state index >= 15 is 0 Å². The van der Waals surface area contributed by atoms with Crippen LogP contribution in [-0.4, -0.2) is 44.7 Å². The summed E-state index contributed by atoms with van der Waals surface area (Å²) in [5.74, 6) is 0.904. The first-order chi connectivity index (χ1) is 20.6. The van der Waals surface area contributed by atoms with E-state index in [0.717, 1.165) is 33.8 Å². The van der Waals surface area contributed by atoms with Crippen LogP contribution >= 0.6 is 11.8 Å². The van der Waals surface area contributed by atoms with Gasteiger partial charge in [-0.25, -0.2) is 14.5 Å². The highest BCUT2D eigenvalue weighted by molar-refractivity contribution is 8.03. The largest absolute Gasteiger partial charge is 0.573 e. The van der Waals surface area contributed by atoms with E-state index < -0.39 is 6.36 Å². The Hall–Kier alpha value is -4.65. The van der Waals surface area contributed by atoms with Gasteiger partial charge in [-0.05, 0) is 60.7 Å². The lowest BCUT2D eigenvalue weighted by molar-refractivity contribution is -0.274. The highest BCUT2D eigenvalue weighted by Gasteiger charge is 2.43. The van der Waals surface area contributed by atoms with Crippen LogP contribution < -0.4 is 19.7 Å². The van der Waals surface area contributed by atoms with Crippen LogP contribution in [0.5, 0.6) is 11.5 Å². The molecule has 2 aliphatic rings. The van der Waals surface area contributed by atoms with E-state index in [0.29, 0.717) is 18.1 Å². The van der Waals surface area contributed by atoms with Gasteiger partial charge in [-0.15, -0.1) is 18.3 Å². The molecule has 2 aliphatic heterocycles. The summed E-state index contributed by atoms with van der Waals surface area (Å²) in [6.07, 6.45) is -3.27. The van der Waals surface area contributed by atoms with Gasteiger partial charge in [-0.2, -0.15) is 0 Å². The molecular formula is C30H27F3N6O3S. The number of urea groups is 1. The molecule has 222 valence electrons. The second-order valence-electron chi connectivity index (χ2n) is 10.0. The summed E-state index contributed by atoms with van der Waals surface area (Å²) < 4.78 is 48.1. The second-order valence-corrected chi connectivity index (χ2v) is 10.9. The summed E-state index contributed by atoms with van der Waals surface area (Å²) in [7, 11) is 1.64. The molecule has 3 heterocycles. The van der Waals surface area contributed by atoms with Crippen LogP contribution in [0, 0.1) is 0 Å². The van der Waals surface area contributed by atoms with Crippen molar-refractivity contribution in [2.45, 2.75) is 38.3 Å². The summed E-state index contributed by atoms with van der Waals surface area (Å²) in [5.41, 5.74) is 5.13. The number of allylic oxidation sites excluding steroid dienone is 1. The van der Waals surface area contributed by atoms with Crippen LogP contribution in [0.1, 0.15) is 31.0 Å². The minimum Gasteiger partial charge on any atom is -0.497 e. The molecule has 2 unspecified atom stereocenters. The first-order valence-corrected chi connectivity index (χ1v) is 14.3. The molecule has 43 heavy (non-hydrogen) atoms. The van der Waals surface area contributed by atoms with Crippen LogP contribution in [-0.2, 0) is 6.54 Å². The van der Waals surface area contributed by atoms with Crippen molar-refractivity contribution in [3.63, 3.8) is 0 Å². The maximum Gasteiger partial charge on any atom is 0.573 e. The van der Waals surface area contributed by atoms with Gasteiger partial charge in [0.2, 0.25) is 0 Å². The van der Waals surface area contributed by atoms with E-state index in [1.165, 1.54) is 35.3 Å². The van der Waals surface area contributed by atoms with Crippen LogP contribution in [0.25, 0.3) is 17.1 Å². The highest BCUT2D eigenvalue weighted by Crippen LogP contribution is 2.48. The van der Waals surface area contributed by atoms with Gasteiger partial charge >= 0.3 is 12.4 Å². The van der Waals surface area contributed by atoms with Gasteiger partial charge in [0.05, 0.1) is 24.5 Å². The van der Waals surface area contributed by atoms with Crippen molar-refractivity contribution < 1.29 is 27.4 Å². The molecule has 4 aromatic rings. The normalized spacial score (nSPS) is 17.7. The summed E-state index contributed by atoms with van der Waals surface area (Å²) in [4.78, 5) is 21.9. The molecule has 3 aromatic carbocycles. The molecule has 1 N–H and O–H groups in total. The number of thioether (sulfide) groups is 1. The molecule has 0 fully saturated rings. The van der Waals surface area contributed by atoms with Gasteiger partial charge < -0.3 is 19.7 Å². The third-order valence-corrected chi connectivity index (χ3v) is 8.44. The lowest BCUT2D eigenvalue weighted by Crippen LogP contribution is -2.54. The first-order valence-electron chi connectivity index (χ1n) is 13.3. The van der Waals surface area contributed by atoms with Crippen molar-refractivity contribution in [2.24, 2.45) is 0 Å². The number of nitrogens with one attached hydrogen (secondary N) is 1. The number of benzene rings is 3. The van der Waals surface area contributed by atoms with E-state index in [2.05, 4.69) is 30.4 Å². The molecular weight excluding hydrogens is 581 g/mol. The summed E-state index contributed by atoms with van der Waals surface area (Å²) >= 11 is 1.60. The average Bonchev–Trinajstić information content (AvgIpc) is 3.63. The number of fused-ring (bicyclic) bond motifs is 3. The molecule has 0 saturated carbocycles. The fourth-order valence-electron chi connectivity index (χ4n) is 5.14. The van der Waals surface area contributed by atoms with Crippen molar-refractivity contribution in [3.8, 4) is 28.6 Å².